The Balaban J connectivity index is 1.38. The van der Waals surface area contributed by atoms with Crippen molar-refractivity contribution in [1.29, 1.82) is 0 Å². The van der Waals surface area contributed by atoms with Gasteiger partial charge in [-0.15, -0.1) is 21.5 Å². The van der Waals surface area contributed by atoms with Crippen molar-refractivity contribution in [2.45, 2.75) is 18.6 Å². The van der Waals surface area contributed by atoms with Crippen molar-refractivity contribution >= 4 is 34.1 Å². The van der Waals surface area contributed by atoms with Gasteiger partial charge in [-0.25, -0.2) is 4.98 Å². The molecule has 0 aliphatic heterocycles. The average molecular weight is 482 g/mol. The van der Waals surface area contributed by atoms with Gasteiger partial charge in [0.2, 0.25) is 5.91 Å². The van der Waals surface area contributed by atoms with Crippen LogP contribution < -0.4 is 14.8 Å². The molecule has 10 heteroatoms. The van der Waals surface area contributed by atoms with E-state index in [1.165, 1.54) is 23.1 Å². The highest BCUT2D eigenvalue weighted by Crippen LogP contribution is 2.33. The lowest BCUT2D eigenvalue weighted by atomic mass is 10.1. The number of methoxy groups -OCH3 is 2. The zero-order valence-corrected chi connectivity index (χ0v) is 20.1. The normalized spacial score (nSPS) is 10.8. The van der Waals surface area contributed by atoms with Gasteiger partial charge in [0, 0.05) is 10.9 Å². The molecule has 0 fully saturated rings. The van der Waals surface area contributed by atoms with Crippen LogP contribution in [0, 0.1) is 6.92 Å². The van der Waals surface area contributed by atoms with E-state index >= 15 is 0 Å². The molecular formula is C23H23N5O3S2. The summed E-state index contributed by atoms with van der Waals surface area (Å²) in [4.78, 5) is 17.1. The maximum absolute atomic E-state index is 12.5. The fraction of sp³-hybridized carbons (Fsp3) is 0.217. The van der Waals surface area contributed by atoms with Crippen LogP contribution in [0.1, 0.15) is 11.4 Å². The Morgan fingerprint density at radius 3 is 2.64 bits per heavy atom. The minimum Gasteiger partial charge on any atom is -0.493 e. The van der Waals surface area contributed by atoms with Gasteiger partial charge in [-0.1, -0.05) is 42.1 Å². The topological polar surface area (TPSA) is 91.2 Å². The number of thioether (sulfide) groups is 1. The van der Waals surface area contributed by atoms with Gasteiger partial charge in [0.25, 0.3) is 0 Å². The van der Waals surface area contributed by atoms with Crippen LogP contribution in [0.15, 0.2) is 59.1 Å². The molecule has 4 rings (SSSR count). The summed E-state index contributed by atoms with van der Waals surface area (Å²) in [5, 5.41) is 14.4. The molecule has 0 spiro atoms. The number of anilines is 1. The van der Waals surface area contributed by atoms with E-state index in [4.69, 9.17) is 9.47 Å². The quantitative estimate of drug-likeness (QED) is 0.352. The summed E-state index contributed by atoms with van der Waals surface area (Å²) < 4.78 is 12.6. The number of hydrogen-bond acceptors (Lipinski definition) is 8. The van der Waals surface area contributed by atoms with Gasteiger partial charge < -0.3 is 19.4 Å². The van der Waals surface area contributed by atoms with Gasteiger partial charge in [-0.3, -0.25) is 4.79 Å². The number of rotatable bonds is 9. The predicted octanol–water partition coefficient (Wildman–Crippen LogP) is 4.51. The molecule has 2 aromatic carbocycles. The number of aryl methyl sites for hydroxylation is 1. The van der Waals surface area contributed by atoms with Gasteiger partial charge in [0.15, 0.2) is 21.8 Å². The Morgan fingerprint density at radius 2 is 1.88 bits per heavy atom. The van der Waals surface area contributed by atoms with E-state index in [0.29, 0.717) is 28.3 Å². The summed E-state index contributed by atoms with van der Waals surface area (Å²) in [7, 11) is 3.19. The molecule has 0 saturated carbocycles. The first-order valence-electron chi connectivity index (χ1n) is 10.1. The third-order valence-electron chi connectivity index (χ3n) is 4.85. The number of hydrogen-bond donors (Lipinski definition) is 1. The van der Waals surface area contributed by atoms with Gasteiger partial charge >= 0.3 is 0 Å². The summed E-state index contributed by atoms with van der Waals surface area (Å²) in [5.74, 6) is 2.14. The highest BCUT2D eigenvalue weighted by atomic mass is 32.2. The number of nitrogens with zero attached hydrogens (tertiary/aromatic N) is 4. The molecule has 0 saturated heterocycles. The number of carbonyl (C=O) groups excluding carboxylic acids is 1. The Kier molecular flexibility index (Phi) is 7.26. The molecule has 33 heavy (non-hydrogen) atoms. The first-order chi connectivity index (χ1) is 16.1. The minimum atomic E-state index is -0.153. The van der Waals surface area contributed by atoms with Gasteiger partial charge in [0.1, 0.15) is 5.82 Å². The number of nitrogens with one attached hydrogen (secondary N) is 1. The van der Waals surface area contributed by atoms with Crippen LogP contribution in [-0.2, 0) is 11.3 Å². The summed E-state index contributed by atoms with van der Waals surface area (Å²) in [5.41, 5.74) is 2.78. The first kappa shape index (κ1) is 22.8. The van der Waals surface area contributed by atoms with E-state index in [1.54, 1.807) is 14.2 Å². The van der Waals surface area contributed by atoms with Crippen molar-refractivity contribution in [2.75, 3.05) is 25.3 Å². The summed E-state index contributed by atoms with van der Waals surface area (Å²) in [6.07, 6.45) is 0. The third kappa shape index (κ3) is 5.52. The Hall–Kier alpha value is -3.37. The lowest BCUT2D eigenvalue weighted by molar-refractivity contribution is -0.113. The number of thiazole rings is 1. The van der Waals surface area contributed by atoms with Crippen LogP contribution >= 0.6 is 23.1 Å². The SMILES string of the molecule is COc1ccc(-c2csc(NC(=O)CSc3nnc(C)n3Cc3ccccc3)n2)cc1OC. The summed E-state index contributed by atoms with van der Waals surface area (Å²) in [6.45, 7) is 2.57. The molecular weight excluding hydrogens is 458 g/mol. The Labute approximate surface area is 200 Å². The van der Waals surface area contributed by atoms with Gasteiger partial charge in [-0.05, 0) is 30.7 Å². The maximum atomic E-state index is 12.5. The second-order valence-electron chi connectivity index (χ2n) is 7.05. The molecule has 2 heterocycles. The molecule has 0 atom stereocenters. The number of aromatic nitrogens is 4. The fourth-order valence-electron chi connectivity index (χ4n) is 3.16. The molecule has 8 nitrogen and oxygen atoms in total. The first-order valence-corrected chi connectivity index (χ1v) is 12.0. The van der Waals surface area contributed by atoms with Crippen molar-refractivity contribution in [1.82, 2.24) is 19.7 Å². The Morgan fingerprint density at radius 1 is 1.09 bits per heavy atom. The average Bonchev–Trinajstić information content (AvgIpc) is 3.44. The maximum Gasteiger partial charge on any atom is 0.236 e. The lowest BCUT2D eigenvalue weighted by Gasteiger charge is -2.08. The van der Waals surface area contributed by atoms with Crippen LogP contribution in [0.5, 0.6) is 11.5 Å². The van der Waals surface area contributed by atoms with Crippen molar-refractivity contribution in [2.24, 2.45) is 0 Å². The second-order valence-corrected chi connectivity index (χ2v) is 8.85. The van der Waals surface area contributed by atoms with Crippen molar-refractivity contribution in [3.05, 3.63) is 65.3 Å². The molecule has 0 unspecified atom stereocenters. The third-order valence-corrected chi connectivity index (χ3v) is 6.57. The molecule has 170 valence electrons. The highest BCUT2D eigenvalue weighted by Gasteiger charge is 2.14. The number of benzene rings is 2. The molecule has 0 aliphatic rings. The summed E-state index contributed by atoms with van der Waals surface area (Å²) >= 11 is 2.72. The standard InChI is InChI=1S/C23H23N5O3S2/c1-15-26-27-23(28(15)12-16-7-5-4-6-8-16)33-14-21(29)25-22-24-18(13-32-22)17-9-10-19(30-2)20(11-17)31-3/h4-11,13H,12,14H2,1-3H3,(H,24,25,29). The second kappa shape index (κ2) is 10.5. The van der Waals surface area contributed by atoms with Crippen LogP contribution in [0.25, 0.3) is 11.3 Å². The number of amides is 1. The zero-order chi connectivity index (χ0) is 23.2. The van der Waals surface area contributed by atoms with Crippen molar-refractivity contribution < 1.29 is 14.3 Å². The molecule has 1 N–H and O–H groups in total. The lowest BCUT2D eigenvalue weighted by Crippen LogP contribution is -2.14. The smallest absolute Gasteiger partial charge is 0.236 e. The Bertz CT molecular complexity index is 1240. The minimum absolute atomic E-state index is 0.153. The summed E-state index contributed by atoms with van der Waals surface area (Å²) in [6, 6.07) is 15.7. The van der Waals surface area contributed by atoms with E-state index < -0.39 is 0 Å². The number of ether oxygens (including phenoxy) is 2. The molecule has 2 aromatic heterocycles. The molecule has 0 aliphatic carbocycles. The molecule has 0 radical (unpaired) electrons. The van der Waals surface area contributed by atoms with Crippen molar-refractivity contribution in [3.8, 4) is 22.8 Å². The molecule has 4 aromatic rings. The van der Waals surface area contributed by atoms with Crippen molar-refractivity contribution in [3.63, 3.8) is 0 Å². The highest BCUT2D eigenvalue weighted by molar-refractivity contribution is 7.99. The monoisotopic (exact) mass is 481 g/mol. The van der Waals surface area contributed by atoms with E-state index in [0.717, 1.165) is 22.6 Å². The molecule has 0 bridgehead atoms. The predicted molar refractivity (Wildman–Crippen MR) is 130 cm³/mol. The van der Waals surface area contributed by atoms with Crippen LogP contribution in [0.4, 0.5) is 5.13 Å². The van der Waals surface area contributed by atoms with E-state index in [-0.39, 0.29) is 11.7 Å². The van der Waals surface area contributed by atoms with Gasteiger partial charge in [0.05, 0.1) is 32.2 Å². The number of carbonyl (C=O) groups is 1. The largest absolute Gasteiger partial charge is 0.493 e. The van der Waals surface area contributed by atoms with E-state index in [1.807, 2.05) is 53.3 Å². The van der Waals surface area contributed by atoms with Crippen LogP contribution in [0.3, 0.4) is 0 Å². The molecule has 1 amide bonds. The van der Waals surface area contributed by atoms with Crippen LogP contribution in [0.2, 0.25) is 0 Å². The van der Waals surface area contributed by atoms with Crippen LogP contribution in [-0.4, -0.2) is 45.6 Å². The fourth-order valence-corrected chi connectivity index (χ4v) is 4.68. The zero-order valence-electron chi connectivity index (χ0n) is 18.4. The van der Waals surface area contributed by atoms with Gasteiger partial charge in [-0.2, -0.15) is 0 Å². The van der Waals surface area contributed by atoms with E-state index in [9.17, 15) is 4.79 Å². The van der Waals surface area contributed by atoms with E-state index in [2.05, 4.69) is 32.6 Å².